The van der Waals surface area contributed by atoms with E-state index in [1.54, 1.807) is 25.5 Å². The summed E-state index contributed by atoms with van der Waals surface area (Å²) < 4.78 is 49.1. The largest absolute Gasteiger partial charge is 0.471 e. The molecule has 8 nitrogen and oxygen atoms in total. The van der Waals surface area contributed by atoms with Crippen LogP contribution in [0.3, 0.4) is 0 Å². The highest BCUT2D eigenvalue weighted by atomic mass is 32.2. The molecule has 0 N–H and O–H groups in total. The quantitative estimate of drug-likeness (QED) is 0.739. The van der Waals surface area contributed by atoms with E-state index >= 15 is 0 Å². The van der Waals surface area contributed by atoms with Gasteiger partial charge in [-0.2, -0.15) is 18.8 Å². The number of hydrogen-bond donors (Lipinski definition) is 0. The monoisotopic (exact) mass is 397 g/mol. The molecule has 3 heterocycles. The third kappa shape index (κ3) is 3.55. The van der Waals surface area contributed by atoms with Gasteiger partial charge in [0.25, 0.3) is 5.88 Å². The fourth-order valence-electron chi connectivity index (χ4n) is 3.38. The highest BCUT2D eigenvalue weighted by Gasteiger charge is 2.37. The van der Waals surface area contributed by atoms with E-state index in [9.17, 15) is 12.8 Å². The van der Waals surface area contributed by atoms with Crippen LogP contribution in [-0.2, 0) is 23.0 Å². The Hall–Kier alpha value is -2.07. The number of sulfonamides is 1. The van der Waals surface area contributed by atoms with E-state index in [1.165, 1.54) is 10.6 Å². The molecular weight excluding hydrogens is 373 g/mol. The number of aryl methyl sites for hydroxylation is 3. The Morgan fingerprint density at radius 3 is 2.67 bits per heavy atom. The summed E-state index contributed by atoms with van der Waals surface area (Å²) in [7, 11) is -3.69. The molecule has 27 heavy (non-hydrogen) atoms. The van der Waals surface area contributed by atoms with Gasteiger partial charge in [-0.1, -0.05) is 6.92 Å². The molecule has 148 valence electrons. The smallest absolute Gasteiger partial charge is 0.254 e. The van der Waals surface area contributed by atoms with Gasteiger partial charge in [0.15, 0.2) is 0 Å². The van der Waals surface area contributed by atoms with Gasteiger partial charge < -0.3 is 4.74 Å². The first-order valence-corrected chi connectivity index (χ1v) is 10.4. The van der Waals surface area contributed by atoms with Crippen molar-refractivity contribution in [3.63, 3.8) is 0 Å². The number of aromatic nitrogens is 4. The lowest BCUT2D eigenvalue weighted by atomic mass is 10.3. The van der Waals surface area contributed by atoms with Crippen LogP contribution in [0.4, 0.5) is 4.39 Å². The van der Waals surface area contributed by atoms with Gasteiger partial charge in [-0.25, -0.2) is 13.4 Å². The number of ether oxygens (including phenoxy) is 1. The molecule has 1 atom stereocenters. The average molecular weight is 397 g/mol. The molecule has 1 saturated heterocycles. The Balaban J connectivity index is 1.79. The molecule has 1 fully saturated rings. The summed E-state index contributed by atoms with van der Waals surface area (Å²) in [5.74, 6) is -0.713. The molecule has 0 radical (unpaired) electrons. The third-order valence-corrected chi connectivity index (χ3v) is 6.88. The molecule has 0 unspecified atom stereocenters. The van der Waals surface area contributed by atoms with Gasteiger partial charge in [-0.05, 0) is 33.6 Å². The van der Waals surface area contributed by atoms with Crippen molar-refractivity contribution in [3.05, 3.63) is 29.2 Å². The zero-order valence-electron chi connectivity index (χ0n) is 15.9. The molecule has 0 aliphatic carbocycles. The predicted molar refractivity (Wildman–Crippen MR) is 96.5 cm³/mol. The number of nitrogens with zero attached hydrogens (tertiary/aromatic N) is 5. The van der Waals surface area contributed by atoms with E-state index in [0.717, 1.165) is 0 Å². The van der Waals surface area contributed by atoms with Crippen LogP contribution in [0.15, 0.2) is 11.2 Å². The Labute approximate surface area is 158 Å². The van der Waals surface area contributed by atoms with E-state index in [4.69, 9.17) is 4.74 Å². The van der Waals surface area contributed by atoms with Crippen molar-refractivity contribution < 1.29 is 17.5 Å². The normalized spacial score (nSPS) is 18.2. The average Bonchev–Trinajstić information content (AvgIpc) is 3.21. The Morgan fingerprint density at radius 1 is 1.30 bits per heavy atom. The summed E-state index contributed by atoms with van der Waals surface area (Å²) in [6.45, 7) is 8.19. The van der Waals surface area contributed by atoms with Crippen LogP contribution in [0, 0.1) is 19.7 Å². The standard InChI is InChI=1S/C17H24FN5O3S/c1-5-14-15(18)17(20-10-19-14)26-13-7-8-22(9-13)27(24,25)16-11(3)21-23(6-2)12(16)4/h10,13H,5-9H2,1-4H3/t13-/m0/s1. The van der Waals surface area contributed by atoms with Crippen LogP contribution < -0.4 is 4.74 Å². The number of hydrogen-bond acceptors (Lipinski definition) is 6. The molecule has 10 heteroatoms. The second-order valence-electron chi connectivity index (χ2n) is 6.50. The van der Waals surface area contributed by atoms with Crippen LogP contribution in [0.25, 0.3) is 0 Å². The van der Waals surface area contributed by atoms with Gasteiger partial charge in [0.2, 0.25) is 15.8 Å². The zero-order valence-corrected chi connectivity index (χ0v) is 16.8. The Kier molecular flexibility index (Phi) is 5.48. The minimum Gasteiger partial charge on any atom is -0.471 e. The van der Waals surface area contributed by atoms with E-state index in [0.29, 0.717) is 37.3 Å². The van der Waals surface area contributed by atoms with Crippen LogP contribution >= 0.6 is 0 Å². The maximum atomic E-state index is 14.3. The lowest BCUT2D eigenvalue weighted by molar-refractivity contribution is 0.195. The van der Waals surface area contributed by atoms with E-state index in [1.807, 2.05) is 6.92 Å². The van der Waals surface area contributed by atoms with Gasteiger partial charge in [0.1, 0.15) is 17.3 Å². The summed E-state index contributed by atoms with van der Waals surface area (Å²) in [5.41, 5.74) is 1.38. The molecule has 1 aliphatic rings. The molecule has 2 aromatic rings. The molecule has 1 aliphatic heterocycles. The lowest BCUT2D eigenvalue weighted by Gasteiger charge is -2.17. The highest BCUT2D eigenvalue weighted by molar-refractivity contribution is 7.89. The summed E-state index contributed by atoms with van der Waals surface area (Å²) >= 11 is 0. The number of rotatable bonds is 6. The SMILES string of the molecule is CCc1ncnc(O[C@H]2CCN(S(=O)(=O)c3c(C)nn(CC)c3C)C2)c1F. The van der Waals surface area contributed by atoms with Crippen molar-refractivity contribution in [3.8, 4) is 5.88 Å². The molecule has 0 spiro atoms. The first-order chi connectivity index (χ1) is 12.8. The maximum Gasteiger partial charge on any atom is 0.254 e. The van der Waals surface area contributed by atoms with Crippen LogP contribution in [0.2, 0.25) is 0 Å². The van der Waals surface area contributed by atoms with Crippen LogP contribution in [-0.4, -0.2) is 51.7 Å². The van der Waals surface area contributed by atoms with Crippen molar-refractivity contribution in [2.75, 3.05) is 13.1 Å². The van der Waals surface area contributed by atoms with Gasteiger partial charge in [-0.15, -0.1) is 0 Å². The second kappa shape index (κ2) is 7.51. The van der Waals surface area contributed by atoms with Crippen molar-refractivity contribution >= 4 is 10.0 Å². The van der Waals surface area contributed by atoms with E-state index in [-0.39, 0.29) is 23.0 Å². The fourth-order valence-corrected chi connectivity index (χ4v) is 5.24. The van der Waals surface area contributed by atoms with Crippen molar-refractivity contribution in [2.24, 2.45) is 0 Å². The summed E-state index contributed by atoms with van der Waals surface area (Å²) in [6, 6.07) is 0. The maximum absolute atomic E-state index is 14.3. The topological polar surface area (TPSA) is 90.2 Å². The fraction of sp³-hybridized carbons (Fsp3) is 0.588. The molecule has 0 amide bonds. The first-order valence-electron chi connectivity index (χ1n) is 8.99. The molecule has 0 aromatic carbocycles. The number of halogens is 1. The Bertz CT molecular complexity index is 944. The minimum absolute atomic E-state index is 0.128. The predicted octanol–water partition coefficient (Wildman–Crippen LogP) is 1.85. The minimum atomic E-state index is -3.69. The van der Waals surface area contributed by atoms with Gasteiger partial charge >= 0.3 is 0 Å². The Morgan fingerprint density at radius 2 is 2.04 bits per heavy atom. The first kappa shape index (κ1) is 19.7. The molecule has 2 aromatic heterocycles. The van der Waals surface area contributed by atoms with Gasteiger partial charge in [-0.3, -0.25) is 4.68 Å². The van der Waals surface area contributed by atoms with Crippen molar-refractivity contribution in [1.29, 1.82) is 0 Å². The van der Waals surface area contributed by atoms with Crippen LogP contribution in [0.1, 0.15) is 37.4 Å². The van der Waals surface area contributed by atoms with E-state index < -0.39 is 21.9 Å². The highest BCUT2D eigenvalue weighted by Crippen LogP contribution is 2.28. The summed E-state index contributed by atoms with van der Waals surface area (Å²) in [4.78, 5) is 7.96. The van der Waals surface area contributed by atoms with Gasteiger partial charge in [0, 0.05) is 13.1 Å². The van der Waals surface area contributed by atoms with Crippen molar-refractivity contribution in [1.82, 2.24) is 24.1 Å². The van der Waals surface area contributed by atoms with Crippen molar-refractivity contribution in [2.45, 2.75) is 58.1 Å². The van der Waals surface area contributed by atoms with Gasteiger partial charge in [0.05, 0.1) is 23.6 Å². The van der Waals surface area contributed by atoms with Crippen LogP contribution in [0.5, 0.6) is 5.88 Å². The molecular formula is C17H24FN5O3S. The van der Waals surface area contributed by atoms with E-state index in [2.05, 4.69) is 15.1 Å². The molecule has 0 saturated carbocycles. The molecule has 3 rings (SSSR count). The lowest BCUT2D eigenvalue weighted by Crippen LogP contribution is -2.32. The zero-order chi connectivity index (χ0) is 19.8. The third-order valence-electron chi connectivity index (χ3n) is 4.76. The second-order valence-corrected chi connectivity index (χ2v) is 8.38. The summed E-state index contributed by atoms with van der Waals surface area (Å²) in [6.07, 6.45) is 1.68. The molecule has 0 bridgehead atoms. The summed E-state index contributed by atoms with van der Waals surface area (Å²) in [5, 5.41) is 4.30.